The lowest BCUT2D eigenvalue weighted by atomic mass is 9.47. The first-order valence-corrected chi connectivity index (χ1v) is 15.0. The summed E-state index contributed by atoms with van der Waals surface area (Å²) < 4.78 is 39.4. The number of ether oxygens (including phenoxy) is 2. The molecule has 3 aromatic rings. The van der Waals surface area contributed by atoms with Gasteiger partial charge < -0.3 is 25.0 Å². The zero-order valence-corrected chi connectivity index (χ0v) is 24.6. The number of rotatable bonds is 7. The van der Waals surface area contributed by atoms with Gasteiger partial charge in [0.05, 0.1) is 18.4 Å². The van der Waals surface area contributed by atoms with Crippen LogP contribution in [0.4, 0.5) is 13.9 Å². The molecule has 4 N–H and O–H groups in total. The molecule has 2 heterocycles. The van der Waals surface area contributed by atoms with Crippen molar-refractivity contribution in [3.05, 3.63) is 69.7 Å². The van der Waals surface area contributed by atoms with Crippen molar-refractivity contribution in [3.63, 3.8) is 0 Å². The lowest BCUT2D eigenvalue weighted by molar-refractivity contribution is -0.144. The Balaban J connectivity index is 1.29. The number of anilines is 1. The Hall–Kier alpha value is -3.61. The van der Waals surface area contributed by atoms with Crippen molar-refractivity contribution in [1.29, 1.82) is 0 Å². The van der Waals surface area contributed by atoms with Crippen LogP contribution < -0.4 is 20.1 Å². The summed E-state index contributed by atoms with van der Waals surface area (Å²) in [6.45, 7) is 4.13. The van der Waals surface area contributed by atoms with E-state index in [4.69, 9.17) is 14.5 Å². The van der Waals surface area contributed by atoms with Crippen LogP contribution in [0.25, 0.3) is 0 Å². The number of nitrogens with one attached hydrogen (secondary N) is 2. The van der Waals surface area contributed by atoms with Crippen molar-refractivity contribution >= 4 is 28.3 Å². The Morgan fingerprint density at radius 2 is 1.88 bits per heavy atom. The van der Waals surface area contributed by atoms with E-state index in [9.17, 15) is 28.6 Å². The number of aliphatic hydroxyl groups excluding tert-OH is 2. The molecule has 0 bridgehead atoms. The molecular weight excluding hydrogens is 580 g/mol. The largest absolute Gasteiger partial charge is 0.454 e. The smallest absolute Gasteiger partial charge is 0.263 e. The second kappa shape index (κ2) is 11.1. The van der Waals surface area contributed by atoms with E-state index in [0.29, 0.717) is 36.5 Å². The Kier molecular flexibility index (Phi) is 7.64. The fraction of sp³-hybridized carbons (Fsp3) is 0.452. The summed E-state index contributed by atoms with van der Waals surface area (Å²) in [5, 5.41) is 27.1. The summed E-state index contributed by atoms with van der Waals surface area (Å²) in [5.41, 5.74) is -0.545. The number of benzene rings is 2. The van der Waals surface area contributed by atoms with Crippen molar-refractivity contribution in [1.82, 2.24) is 10.3 Å². The minimum absolute atomic E-state index is 0.0845. The van der Waals surface area contributed by atoms with Crippen molar-refractivity contribution in [2.75, 3.05) is 18.7 Å². The van der Waals surface area contributed by atoms with E-state index in [1.54, 1.807) is 6.07 Å². The number of aromatic nitrogens is 1. The molecule has 2 aliphatic carbocycles. The molecule has 0 radical (unpaired) electrons. The summed E-state index contributed by atoms with van der Waals surface area (Å²) in [7, 11) is 0. The van der Waals surface area contributed by atoms with Crippen molar-refractivity contribution in [2.45, 2.75) is 58.1 Å². The summed E-state index contributed by atoms with van der Waals surface area (Å²) >= 11 is 1.18. The van der Waals surface area contributed by atoms with E-state index in [2.05, 4.69) is 17.6 Å². The number of hydrogen-bond donors (Lipinski definition) is 4. The van der Waals surface area contributed by atoms with E-state index in [1.807, 2.05) is 19.1 Å². The van der Waals surface area contributed by atoms with Gasteiger partial charge in [0.2, 0.25) is 12.7 Å². The number of carbonyl (C=O) groups is 2. The zero-order valence-electron chi connectivity index (χ0n) is 23.8. The number of amides is 2. The Labute approximate surface area is 251 Å². The Morgan fingerprint density at radius 3 is 2.63 bits per heavy atom. The molecule has 1 aromatic heterocycles. The van der Waals surface area contributed by atoms with Gasteiger partial charge in [-0.2, -0.15) is 0 Å². The first-order valence-electron chi connectivity index (χ1n) is 14.2. The summed E-state index contributed by atoms with van der Waals surface area (Å²) in [4.78, 5) is 31.8. The molecule has 2 amide bonds. The highest BCUT2D eigenvalue weighted by Crippen LogP contribution is 2.62. The lowest BCUT2D eigenvalue weighted by Crippen LogP contribution is -2.57. The fourth-order valence-corrected chi connectivity index (χ4v) is 8.15. The van der Waals surface area contributed by atoms with Gasteiger partial charge >= 0.3 is 0 Å². The van der Waals surface area contributed by atoms with Gasteiger partial charge in [-0.15, -0.1) is 11.3 Å². The second-order valence-electron chi connectivity index (χ2n) is 12.1. The number of carbonyl (C=O) groups excluding carboxylic acids is 2. The SMILES string of the molecule is CC1(CO)C(O)CCC2(C)C(CC(=O)NCc3ccc4c(c3)OCO4)c3nc(NC(=O)c4c(F)cccc4F)sc3CC12. The van der Waals surface area contributed by atoms with Gasteiger partial charge in [-0.05, 0) is 60.4 Å². The number of nitrogens with zero attached hydrogens (tertiary/aromatic N) is 1. The molecule has 9 nitrogen and oxygen atoms in total. The molecule has 1 fully saturated rings. The van der Waals surface area contributed by atoms with Crippen molar-refractivity contribution in [2.24, 2.45) is 16.7 Å². The normalized spacial score (nSPS) is 27.3. The molecule has 2 aromatic carbocycles. The van der Waals surface area contributed by atoms with Gasteiger partial charge in [-0.3, -0.25) is 14.9 Å². The maximum absolute atomic E-state index is 14.3. The van der Waals surface area contributed by atoms with Crippen LogP contribution in [-0.2, 0) is 17.8 Å². The maximum atomic E-state index is 14.3. The second-order valence-corrected chi connectivity index (χ2v) is 13.2. The predicted molar refractivity (Wildman–Crippen MR) is 154 cm³/mol. The van der Waals surface area contributed by atoms with Crippen LogP contribution in [0.5, 0.6) is 11.5 Å². The quantitative estimate of drug-likeness (QED) is 0.308. The highest BCUT2D eigenvalue weighted by molar-refractivity contribution is 7.15. The van der Waals surface area contributed by atoms with Gasteiger partial charge in [0, 0.05) is 29.2 Å². The van der Waals surface area contributed by atoms with Crippen molar-refractivity contribution in [3.8, 4) is 11.5 Å². The molecule has 12 heteroatoms. The van der Waals surface area contributed by atoms with Gasteiger partial charge in [-0.1, -0.05) is 26.0 Å². The van der Waals surface area contributed by atoms with Gasteiger partial charge in [0.15, 0.2) is 16.6 Å². The summed E-state index contributed by atoms with van der Waals surface area (Å²) in [6.07, 6.45) is 0.884. The number of thiazole rings is 1. The molecule has 43 heavy (non-hydrogen) atoms. The third-order valence-electron chi connectivity index (χ3n) is 9.62. The number of halogens is 2. The standard InChI is InChI=1S/C31H33F2N3O6S/c1-30-9-8-24(38)31(2,14-37)23(30)12-22-27(35-29(43-22)36-28(40)26-18(32)4-3-5-19(26)33)17(30)11-25(39)34-13-16-6-7-20-21(10-16)42-15-41-20/h3-7,10,17,23-24,37-38H,8-9,11-15H2,1-2H3,(H,34,39)(H,35,36,40). The molecule has 0 saturated heterocycles. The molecule has 5 unspecified atom stereocenters. The lowest BCUT2D eigenvalue weighted by Gasteiger charge is -2.58. The highest BCUT2D eigenvalue weighted by Gasteiger charge is 2.59. The maximum Gasteiger partial charge on any atom is 0.263 e. The predicted octanol–water partition coefficient (Wildman–Crippen LogP) is 4.52. The third-order valence-corrected chi connectivity index (χ3v) is 10.6. The van der Waals surface area contributed by atoms with Crippen LogP contribution in [0.2, 0.25) is 0 Å². The monoisotopic (exact) mass is 613 g/mol. The zero-order chi connectivity index (χ0) is 30.5. The van der Waals surface area contributed by atoms with E-state index < -0.39 is 46.0 Å². The van der Waals surface area contributed by atoms with E-state index >= 15 is 0 Å². The summed E-state index contributed by atoms with van der Waals surface area (Å²) in [6, 6.07) is 8.67. The molecule has 5 atom stereocenters. The van der Waals surface area contributed by atoms with E-state index in [-0.39, 0.29) is 43.3 Å². The average Bonchev–Trinajstić information content (AvgIpc) is 3.61. The molecule has 6 rings (SSSR count). The third kappa shape index (κ3) is 5.15. The van der Waals surface area contributed by atoms with Gasteiger partial charge in [0.25, 0.3) is 5.91 Å². The fourth-order valence-electron chi connectivity index (χ4n) is 7.08. The minimum Gasteiger partial charge on any atom is -0.454 e. The molecular formula is C31H33F2N3O6S. The van der Waals surface area contributed by atoms with Crippen LogP contribution in [0.1, 0.15) is 65.5 Å². The van der Waals surface area contributed by atoms with E-state index in [0.717, 1.165) is 22.6 Å². The van der Waals surface area contributed by atoms with Gasteiger partial charge in [0.1, 0.15) is 17.2 Å². The first-order chi connectivity index (χ1) is 20.5. The molecule has 1 saturated carbocycles. The van der Waals surface area contributed by atoms with Crippen LogP contribution in [-0.4, -0.2) is 46.5 Å². The Bertz CT molecular complexity index is 1560. The van der Waals surface area contributed by atoms with Gasteiger partial charge in [-0.25, -0.2) is 13.8 Å². The van der Waals surface area contributed by atoms with Crippen LogP contribution in [0, 0.1) is 28.4 Å². The summed E-state index contributed by atoms with van der Waals surface area (Å²) in [5.74, 6) is -2.46. The molecule has 1 aliphatic heterocycles. The minimum atomic E-state index is -0.984. The van der Waals surface area contributed by atoms with E-state index in [1.165, 1.54) is 17.4 Å². The molecule has 228 valence electrons. The van der Waals surface area contributed by atoms with Crippen LogP contribution in [0.3, 0.4) is 0 Å². The number of fused-ring (bicyclic) bond motifs is 3. The van der Waals surface area contributed by atoms with Crippen molar-refractivity contribution < 1.29 is 38.1 Å². The number of aliphatic hydroxyl groups is 2. The Morgan fingerprint density at radius 1 is 1.14 bits per heavy atom. The van der Waals surface area contributed by atoms with Crippen LogP contribution in [0.15, 0.2) is 36.4 Å². The topological polar surface area (TPSA) is 130 Å². The highest BCUT2D eigenvalue weighted by atomic mass is 32.1. The molecule has 3 aliphatic rings. The average molecular weight is 614 g/mol. The van der Waals surface area contributed by atoms with Crippen LogP contribution >= 0.6 is 11.3 Å². The molecule has 0 spiro atoms. The first kappa shape index (κ1) is 29.5. The number of hydrogen-bond acceptors (Lipinski definition) is 8.